The van der Waals surface area contributed by atoms with Gasteiger partial charge in [0.25, 0.3) is 0 Å². The van der Waals surface area contributed by atoms with Gasteiger partial charge in [-0.1, -0.05) is 23.7 Å². The number of nitrogens with one attached hydrogen (secondary N) is 2. The summed E-state index contributed by atoms with van der Waals surface area (Å²) in [7, 11) is 1.51. The highest BCUT2D eigenvalue weighted by molar-refractivity contribution is 6.31. The number of halogens is 1. The monoisotopic (exact) mass is 358 g/mol. The molecule has 0 aliphatic heterocycles. The average Bonchev–Trinajstić information content (AvgIpc) is 2.56. The number of aryl methyl sites for hydroxylation is 1. The molecule has 25 heavy (non-hydrogen) atoms. The van der Waals surface area contributed by atoms with E-state index in [4.69, 9.17) is 16.3 Å². The molecule has 2 rings (SSSR count). The Labute approximate surface area is 151 Å². The number of methoxy groups -OCH3 is 1. The highest BCUT2D eigenvalue weighted by Crippen LogP contribution is 2.28. The van der Waals surface area contributed by atoms with Crippen molar-refractivity contribution >= 4 is 40.9 Å². The second kappa shape index (κ2) is 8.35. The third kappa shape index (κ3) is 5.36. The Kier molecular flexibility index (Phi) is 6.19. The van der Waals surface area contributed by atoms with Crippen LogP contribution in [0, 0.1) is 6.92 Å². The van der Waals surface area contributed by atoms with Crippen LogP contribution >= 0.6 is 11.6 Å². The molecule has 0 fully saturated rings. The van der Waals surface area contributed by atoms with Gasteiger partial charge in [-0.05, 0) is 48.4 Å². The quantitative estimate of drug-likeness (QED) is 0.784. The fourth-order valence-corrected chi connectivity index (χ4v) is 2.33. The number of hydrogen-bond donors (Lipinski definition) is 2. The molecule has 0 saturated heterocycles. The second-order valence-corrected chi connectivity index (χ2v) is 5.83. The first-order chi connectivity index (χ1) is 11.9. The van der Waals surface area contributed by atoms with Gasteiger partial charge in [0.2, 0.25) is 11.8 Å². The Morgan fingerprint density at radius 3 is 2.52 bits per heavy atom. The molecule has 0 atom stereocenters. The fourth-order valence-electron chi connectivity index (χ4n) is 2.15. The molecule has 0 aromatic heterocycles. The molecule has 6 heteroatoms. The van der Waals surface area contributed by atoms with E-state index in [1.807, 2.05) is 19.1 Å². The maximum absolute atomic E-state index is 12.2. The minimum Gasteiger partial charge on any atom is -0.495 e. The number of hydrogen-bond acceptors (Lipinski definition) is 3. The molecule has 130 valence electrons. The second-order valence-electron chi connectivity index (χ2n) is 5.43. The third-order valence-corrected chi connectivity index (χ3v) is 3.81. The molecule has 2 amide bonds. The van der Waals surface area contributed by atoms with Crippen molar-refractivity contribution in [3.63, 3.8) is 0 Å². The van der Waals surface area contributed by atoms with Crippen molar-refractivity contribution < 1.29 is 14.3 Å². The van der Waals surface area contributed by atoms with E-state index in [1.165, 1.54) is 20.1 Å². The van der Waals surface area contributed by atoms with Crippen molar-refractivity contribution in [2.75, 3.05) is 17.7 Å². The van der Waals surface area contributed by atoms with Crippen LogP contribution in [0.2, 0.25) is 5.02 Å². The summed E-state index contributed by atoms with van der Waals surface area (Å²) in [6.07, 6.45) is 3.08. The van der Waals surface area contributed by atoms with E-state index in [2.05, 4.69) is 10.6 Å². The lowest BCUT2D eigenvalue weighted by Gasteiger charge is -2.11. The Morgan fingerprint density at radius 2 is 1.88 bits per heavy atom. The van der Waals surface area contributed by atoms with Gasteiger partial charge < -0.3 is 15.4 Å². The normalized spacial score (nSPS) is 10.6. The van der Waals surface area contributed by atoms with E-state index < -0.39 is 0 Å². The van der Waals surface area contributed by atoms with Crippen molar-refractivity contribution in [1.29, 1.82) is 0 Å². The molecule has 0 radical (unpaired) electrons. The molecule has 2 N–H and O–H groups in total. The van der Waals surface area contributed by atoms with Crippen molar-refractivity contribution in [2.45, 2.75) is 13.8 Å². The van der Waals surface area contributed by atoms with E-state index >= 15 is 0 Å². The van der Waals surface area contributed by atoms with Gasteiger partial charge >= 0.3 is 0 Å². The first kappa shape index (κ1) is 18.5. The van der Waals surface area contributed by atoms with Gasteiger partial charge in [-0.3, -0.25) is 9.59 Å². The topological polar surface area (TPSA) is 67.4 Å². The molecule has 0 spiro atoms. The fraction of sp³-hybridized carbons (Fsp3) is 0.158. The highest BCUT2D eigenvalue weighted by Gasteiger charge is 2.08. The Bertz CT molecular complexity index is 831. The molecule has 0 heterocycles. The maximum atomic E-state index is 12.2. The number of anilines is 2. The number of carbonyl (C=O) groups excluding carboxylic acids is 2. The molecule has 2 aromatic rings. The van der Waals surface area contributed by atoms with Gasteiger partial charge in [0.05, 0.1) is 12.8 Å². The molecule has 2 aromatic carbocycles. The summed E-state index contributed by atoms with van der Waals surface area (Å²) < 4.78 is 5.23. The number of ether oxygens (including phenoxy) is 1. The zero-order valence-corrected chi connectivity index (χ0v) is 15.0. The van der Waals surface area contributed by atoms with E-state index in [-0.39, 0.29) is 11.8 Å². The molecule has 0 saturated carbocycles. The molecule has 0 aliphatic rings. The van der Waals surface area contributed by atoms with Crippen molar-refractivity contribution in [2.24, 2.45) is 0 Å². The summed E-state index contributed by atoms with van der Waals surface area (Å²) in [5, 5.41) is 6.04. The Balaban J connectivity index is 2.14. The van der Waals surface area contributed by atoms with Crippen molar-refractivity contribution in [3.8, 4) is 5.75 Å². The van der Waals surface area contributed by atoms with Gasteiger partial charge in [0, 0.05) is 23.7 Å². The van der Waals surface area contributed by atoms with Gasteiger partial charge in [-0.25, -0.2) is 0 Å². The van der Waals surface area contributed by atoms with Crippen LogP contribution in [-0.2, 0) is 9.59 Å². The van der Waals surface area contributed by atoms with E-state index in [1.54, 1.807) is 30.3 Å². The van der Waals surface area contributed by atoms with Crippen LogP contribution in [0.25, 0.3) is 6.08 Å². The lowest BCUT2D eigenvalue weighted by Crippen LogP contribution is -2.10. The van der Waals surface area contributed by atoms with Crippen LogP contribution < -0.4 is 15.4 Å². The minimum atomic E-state index is -0.324. The lowest BCUT2D eigenvalue weighted by molar-refractivity contribution is -0.114. The highest BCUT2D eigenvalue weighted by atomic mass is 35.5. The van der Waals surface area contributed by atoms with Crippen molar-refractivity contribution in [1.82, 2.24) is 0 Å². The van der Waals surface area contributed by atoms with Crippen molar-refractivity contribution in [3.05, 3.63) is 58.6 Å². The van der Waals surface area contributed by atoms with Gasteiger partial charge in [0.15, 0.2) is 0 Å². The van der Waals surface area contributed by atoms with Crippen LogP contribution in [0.5, 0.6) is 5.75 Å². The molecular formula is C19H19ClN2O3. The molecule has 0 bridgehead atoms. The molecule has 5 nitrogen and oxygen atoms in total. The van der Waals surface area contributed by atoms with Crippen LogP contribution in [0.4, 0.5) is 11.4 Å². The SMILES string of the molecule is COc1ccc(NC(C)=O)cc1NC(=O)C=Cc1ccc(C)c(Cl)c1. The molecule has 0 unspecified atom stereocenters. The van der Waals surface area contributed by atoms with Gasteiger partial charge in [-0.2, -0.15) is 0 Å². The smallest absolute Gasteiger partial charge is 0.248 e. The van der Waals surface area contributed by atoms with E-state index in [0.717, 1.165) is 11.1 Å². The van der Waals surface area contributed by atoms with Crippen LogP contribution in [-0.4, -0.2) is 18.9 Å². The van der Waals surface area contributed by atoms with Gasteiger partial charge in [-0.15, -0.1) is 0 Å². The largest absolute Gasteiger partial charge is 0.495 e. The predicted molar refractivity (Wildman–Crippen MR) is 101 cm³/mol. The first-order valence-corrected chi connectivity index (χ1v) is 7.97. The maximum Gasteiger partial charge on any atom is 0.248 e. The number of amides is 2. The summed E-state index contributed by atoms with van der Waals surface area (Å²) in [5.74, 6) is -0.0252. The minimum absolute atomic E-state index is 0.196. The lowest BCUT2D eigenvalue weighted by atomic mass is 10.1. The van der Waals surface area contributed by atoms with E-state index in [0.29, 0.717) is 22.1 Å². The summed E-state index contributed by atoms with van der Waals surface area (Å²) in [6, 6.07) is 10.6. The standard InChI is InChI=1S/C19H19ClN2O3/c1-12-4-5-14(10-16(12)20)6-9-19(24)22-17-11-15(21-13(2)23)7-8-18(17)25-3/h4-11H,1-3H3,(H,21,23)(H,22,24). The number of benzene rings is 2. The average molecular weight is 359 g/mol. The molecular weight excluding hydrogens is 340 g/mol. The summed E-state index contributed by atoms with van der Waals surface area (Å²) in [6.45, 7) is 3.33. The Morgan fingerprint density at radius 1 is 1.12 bits per heavy atom. The zero-order valence-electron chi connectivity index (χ0n) is 14.2. The first-order valence-electron chi connectivity index (χ1n) is 7.60. The number of rotatable bonds is 5. The molecule has 0 aliphatic carbocycles. The van der Waals surface area contributed by atoms with Crippen LogP contribution in [0.1, 0.15) is 18.1 Å². The van der Waals surface area contributed by atoms with Gasteiger partial charge in [0.1, 0.15) is 5.75 Å². The zero-order chi connectivity index (χ0) is 18.4. The summed E-state index contributed by atoms with van der Waals surface area (Å²) >= 11 is 6.07. The number of carbonyl (C=O) groups is 2. The van der Waals surface area contributed by atoms with E-state index in [9.17, 15) is 9.59 Å². The van der Waals surface area contributed by atoms with Crippen LogP contribution in [0.3, 0.4) is 0 Å². The van der Waals surface area contributed by atoms with Crippen LogP contribution in [0.15, 0.2) is 42.5 Å². The summed E-state index contributed by atoms with van der Waals surface area (Å²) in [5.41, 5.74) is 2.83. The Hall–Kier alpha value is -2.79. The summed E-state index contributed by atoms with van der Waals surface area (Å²) in [4.78, 5) is 23.3. The third-order valence-electron chi connectivity index (χ3n) is 3.40. The predicted octanol–water partition coefficient (Wildman–Crippen LogP) is 4.27.